The van der Waals surface area contributed by atoms with Crippen LogP contribution < -0.4 is 0 Å². The number of piperidine rings is 1. The second kappa shape index (κ2) is 6.50. The molecule has 2 heterocycles. The number of likely N-dealkylation sites (tertiary alicyclic amines) is 1. The molecule has 0 aromatic carbocycles. The highest BCUT2D eigenvalue weighted by Crippen LogP contribution is 2.17. The van der Waals surface area contributed by atoms with Crippen LogP contribution in [0.15, 0.2) is 0 Å². The first-order valence-corrected chi connectivity index (χ1v) is 7.04. The maximum atomic E-state index is 11.2. The van der Waals surface area contributed by atoms with Gasteiger partial charge in [0, 0.05) is 39.3 Å². The molecule has 1 N–H and O–H groups in total. The molecule has 2 aliphatic rings. The summed E-state index contributed by atoms with van der Waals surface area (Å²) in [6, 6.07) is -0.244. The normalized spacial score (nSPS) is 28.4. The molecule has 2 aliphatic heterocycles. The lowest BCUT2D eigenvalue weighted by molar-refractivity contribution is -0.144. The van der Waals surface area contributed by atoms with Crippen molar-refractivity contribution in [2.75, 3.05) is 52.9 Å². The van der Waals surface area contributed by atoms with Gasteiger partial charge in [-0.3, -0.25) is 14.6 Å². The summed E-state index contributed by atoms with van der Waals surface area (Å²) >= 11 is 0. The molecular formula is C13H25N3O2. The van der Waals surface area contributed by atoms with Crippen molar-refractivity contribution in [3.05, 3.63) is 0 Å². The fourth-order valence-corrected chi connectivity index (χ4v) is 2.88. The van der Waals surface area contributed by atoms with E-state index in [1.165, 1.54) is 0 Å². The molecule has 0 amide bonds. The highest BCUT2D eigenvalue weighted by molar-refractivity contribution is 5.73. The standard InChI is InChI=1S/C13H25N3O2/c1-14-6-8-15(9-7-14)10-11-16-5-3-2-4-12(16)13(17)18/h12H,2-11H2,1H3,(H,17,18). The molecule has 5 nitrogen and oxygen atoms in total. The minimum Gasteiger partial charge on any atom is -0.480 e. The fraction of sp³-hybridized carbons (Fsp3) is 0.923. The van der Waals surface area contributed by atoms with Crippen molar-refractivity contribution in [2.24, 2.45) is 0 Å². The lowest BCUT2D eigenvalue weighted by Crippen LogP contribution is -2.50. The Morgan fingerprint density at radius 3 is 2.50 bits per heavy atom. The van der Waals surface area contributed by atoms with Crippen molar-refractivity contribution in [1.82, 2.24) is 14.7 Å². The van der Waals surface area contributed by atoms with E-state index in [1.54, 1.807) is 0 Å². The first-order valence-electron chi connectivity index (χ1n) is 7.04. The van der Waals surface area contributed by atoms with E-state index in [2.05, 4.69) is 21.7 Å². The van der Waals surface area contributed by atoms with Gasteiger partial charge in [0.1, 0.15) is 6.04 Å². The van der Waals surface area contributed by atoms with Gasteiger partial charge in [0.25, 0.3) is 0 Å². The van der Waals surface area contributed by atoms with Gasteiger partial charge in [0.05, 0.1) is 0 Å². The summed E-state index contributed by atoms with van der Waals surface area (Å²) in [6.07, 6.45) is 3.02. The summed E-state index contributed by atoms with van der Waals surface area (Å²) in [7, 11) is 2.16. The Balaban J connectivity index is 1.75. The summed E-state index contributed by atoms with van der Waals surface area (Å²) in [5.41, 5.74) is 0. The zero-order valence-electron chi connectivity index (χ0n) is 11.3. The number of aliphatic carboxylic acids is 1. The van der Waals surface area contributed by atoms with Gasteiger partial charge in [-0.05, 0) is 26.4 Å². The number of carboxylic acid groups (broad SMARTS) is 1. The van der Waals surface area contributed by atoms with Gasteiger partial charge >= 0.3 is 5.97 Å². The Labute approximate surface area is 109 Å². The highest BCUT2D eigenvalue weighted by Gasteiger charge is 2.28. The minimum absolute atomic E-state index is 0.244. The number of hydrogen-bond donors (Lipinski definition) is 1. The summed E-state index contributed by atoms with van der Waals surface area (Å²) in [5, 5.41) is 9.22. The van der Waals surface area contributed by atoms with Crippen LogP contribution in [0, 0.1) is 0 Å². The van der Waals surface area contributed by atoms with Crippen LogP contribution >= 0.6 is 0 Å². The molecule has 2 saturated heterocycles. The predicted octanol–water partition coefficient (Wildman–Crippen LogP) is 0.173. The molecule has 0 aromatic rings. The third-order valence-corrected chi connectivity index (χ3v) is 4.20. The molecule has 0 bridgehead atoms. The monoisotopic (exact) mass is 255 g/mol. The Morgan fingerprint density at radius 2 is 1.83 bits per heavy atom. The second-order valence-electron chi connectivity index (χ2n) is 5.53. The molecule has 0 saturated carbocycles. The molecular weight excluding hydrogens is 230 g/mol. The molecule has 0 radical (unpaired) electrons. The van der Waals surface area contributed by atoms with E-state index in [-0.39, 0.29) is 6.04 Å². The summed E-state index contributed by atoms with van der Waals surface area (Å²) < 4.78 is 0. The van der Waals surface area contributed by atoms with E-state index >= 15 is 0 Å². The van der Waals surface area contributed by atoms with Crippen molar-refractivity contribution in [1.29, 1.82) is 0 Å². The molecule has 5 heteroatoms. The van der Waals surface area contributed by atoms with E-state index in [0.717, 1.165) is 65.1 Å². The number of carboxylic acids is 1. The average Bonchev–Trinajstić information content (AvgIpc) is 2.38. The van der Waals surface area contributed by atoms with Gasteiger partial charge in [-0.15, -0.1) is 0 Å². The van der Waals surface area contributed by atoms with Crippen LogP contribution in [0.1, 0.15) is 19.3 Å². The molecule has 2 rings (SSSR count). The number of piperazine rings is 1. The first kappa shape index (κ1) is 13.8. The average molecular weight is 255 g/mol. The van der Waals surface area contributed by atoms with Crippen molar-refractivity contribution < 1.29 is 9.90 Å². The highest BCUT2D eigenvalue weighted by atomic mass is 16.4. The minimum atomic E-state index is -0.645. The van der Waals surface area contributed by atoms with E-state index in [9.17, 15) is 9.90 Å². The van der Waals surface area contributed by atoms with E-state index in [0.29, 0.717) is 0 Å². The lowest BCUT2D eigenvalue weighted by Gasteiger charge is -2.37. The largest absolute Gasteiger partial charge is 0.480 e. The predicted molar refractivity (Wildman–Crippen MR) is 70.8 cm³/mol. The Bertz CT molecular complexity index is 277. The molecule has 1 atom stereocenters. The van der Waals surface area contributed by atoms with Gasteiger partial charge in [-0.25, -0.2) is 0 Å². The molecule has 1 unspecified atom stereocenters. The summed E-state index contributed by atoms with van der Waals surface area (Å²) in [5.74, 6) is -0.645. The van der Waals surface area contributed by atoms with Crippen molar-refractivity contribution >= 4 is 5.97 Å². The van der Waals surface area contributed by atoms with Crippen LogP contribution in [0.4, 0.5) is 0 Å². The van der Waals surface area contributed by atoms with Gasteiger partial charge in [0.15, 0.2) is 0 Å². The smallest absolute Gasteiger partial charge is 0.320 e. The van der Waals surface area contributed by atoms with Crippen molar-refractivity contribution in [2.45, 2.75) is 25.3 Å². The maximum Gasteiger partial charge on any atom is 0.320 e. The van der Waals surface area contributed by atoms with Crippen LogP contribution in [0.5, 0.6) is 0 Å². The van der Waals surface area contributed by atoms with Crippen molar-refractivity contribution in [3.8, 4) is 0 Å². The summed E-state index contributed by atoms with van der Waals surface area (Å²) in [4.78, 5) is 18.2. The lowest BCUT2D eigenvalue weighted by atomic mass is 10.0. The Hall–Kier alpha value is -0.650. The van der Waals surface area contributed by atoms with E-state index in [4.69, 9.17) is 0 Å². The van der Waals surface area contributed by atoms with Crippen LogP contribution in [-0.4, -0.2) is 84.7 Å². The van der Waals surface area contributed by atoms with Gasteiger partial charge in [0.2, 0.25) is 0 Å². The third-order valence-electron chi connectivity index (χ3n) is 4.20. The number of rotatable bonds is 4. The zero-order valence-corrected chi connectivity index (χ0v) is 11.3. The molecule has 2 fully saturated rings. The number of carbonyl (C=O) groups is 1. The van der Waals surface area contributed by atoms with Crippen LogP contribution in [0.3, 0.4) is 0 Å². The topological polar surface area (TPSA) is 47.0 Å². The molecule has 18 heavy (non-hydrogen) atoms. The quantitative estimate of drug-likeness (QED) is 0.776. The van der Waals surface area contributed by atoms with Crippen LogP contribution in [0.2, 0.25) is 0 Å². The number of likely N-dealkylation sites (N-methyl/N-ethyl adjacent to an activating group) is 1. The molecule has 0 aromatic heterocycles. The number of hydrogen-bond acceptors (Lipinski definition) is 4. The van der Waals surface area contributed by atoms with Gasteiger partial charge in [-0.1, -0.05) is 6.42 Å². The molecule has 0 spiro atoms. The molecule has 0 aliphatic carbocycles. The zero-order chi connectivity index (χ0) is 13.0. The first-order chi connectivity index (χ1) is 8.66. The summed E-state index contributed by atoms with van der Waals surface area (Å²) in [6.45, 7) is 7.35. The SMILES string of the molecule is CN1CCN(CCN2CCCCC2C(=O)O)CC1. The maximum absolute atomic E-state index is 11.2. The molecule has 104 valence electrons. The van der Waals surface area contributed by atoms with E-state index < -0.39 is 5.97 Å². The third kappa shape index (κ3) is 3.67. The van der Waals surface area contributed by atoms with Crippen LogP contribution in [0.25, 0.3) is 0 Å². The second-order valence-corrected chi connectivity index (χ2v) is 5.53. The van der Waals surface area contributed by atoms with Crippen molar-refractivity contribution in [3.63, 3.8) is 0 Å². The fourth-order valence-electron chi connectivity index (χ4n) is 2.88. The Kier molecular flexibility index (Phi) is 4.97. The van der Waals surface area contributed by atoms with Gasteiger partial charge < -0.3 is 10.0 Å². The van der Waals surface area contributed by atoms with E-state index in [1.807, 2.05) is 0 Å². The Morgan fingerprint density at radius 1 is 1.11 bits per heavy atom. The number of nitrogens with zero attached hydrogens (tertiary/aromatic N) is 3. The van der Waals surface area contributed by atoms with Gasteiger partial charge in [-0.2, -0.15) is 0 Å². The van der Waals surface area contributed by atoms with Crippen LogP contribution in [-0.2, 0) is 4.79 Å².